The van der Waals surface area contributed by atoms with E-state index in [4.69, 9.17) is 71.1 Å². The molecule has 5 amide bonds. The molecule has 0 saturated carbocycles. The molecule has 5 rings (SSSR count). The zero-order valence-corrected chi connectivity index (χ0v) is 52.3. The molecule has 38 heteroatoms. The number of hydrogen-bond acceptors (Lipinski definition) is 27. The highest BCUT2D eigenvalue weighted by Gasteiger charge is 2.62. The fourth-order valence-corrected chi connectivity index (χ4v) is 9.67. The van der Waals surface area contributed by atoms with Crippen molar-refractivity contribution in [2.75, 3.05) is 184 Å². The Hall–Kier alpha value is -4.89. The van der Waals surface area contributed by atoms with Crippen LogP contribution in [-0.4, -0.2) is 329 Å². The highest BCUT2D eigenvalue weighted by molar-refractivity contribution is 5.82. The molecule has 4 saturated heterocycles. The van der Waals surface area contributed by atoms with E-state index in [1.807, 2.05) is 30.3 Å². The predicted molar refractivity (Wildman–Crippen MR) is 309 cm³/mol. The lowest BCUT2D eigenvalue weighted by molar-refractivity contribution is -0.240. The first kappa shape index (κ1) is 80.8. The van der Waals surface area contributed by atoms with Gasteiger partial charge < -0.3 is 134 Å². The largest absolute Gasteiger partial charge is 0.471 e. The van der Waals surface area contributed by atoms with Gasteiger partial charge in [-0.3, -0.25) is 24.0 Å². The number of alkyl halides is 6. The third-order valence-electron chi connectivity index (χ3n) is 14.7. The Morgan fingerprint density at radius 2 is 0.832 bits per heavy atom. The molecule has 546 valence electrons. The van der Waals surface area contributed by atoms with E-state index in [2.05, 4.69) is 21.3 Å². The molecule has 2 unspecified atom stereocenters. The summed E-state index contributed by atoms with van der Waals surface area (Å²) in [7, 11) is 0. The Balaban J connectivity index is 0.880. The number of para-hydroxylation sites is 1. The number of aliphatic hydroxyl groups is 6. The van der Waals surface area contributed by atoms with Crippen molar-refractivity contribution in [2.24, 2.45) is 0 Å². The summed E-state index contributed by atoms with van der Waals surface area (Å²) >= 11 is 0. The van der Waals surface area contributed by atoms with Crippen LogP contribution in [0.3, 0.4) is 0 Å². The van der Waals surface area contributed by atoms with Crippen LogP contribution in [0.25, 0.3) is 0 Å². The Morgan fingerprint density at radius 1 is 0.484 bits per heavy atom. The van der Waals surface area contributed by atoms with Crippen molar-refractivity contribution < 1.29 is 152 Å². The molecule has 12 N–H and O–H groups in total. The minimum absolute atomic E-state index is 0.00892. The molecule has 4 aliphatic heterocycles. The molecule has 4 fully saturated rings. The second-order valence-corrected chi connectivity index (χ2v) is 21.9. The highest BCUT2D eigenvalue weighted by Crippen LogP contribution is 2.39. The minimum Gasteiger partial charge on any atom is -0.391 e. The van der Waals surface area contributed by atoms with Crippen LogP contribution in [-0.2, 0) is 95.0 Å². The van der Waals surface area contributed by atoms with Crippen LogP contribution in [0, 0.1) is 0 Å². The van der Waals surface area contributed by atoms with Crippen molar-refractivity contribution >= 4 is 35.2 Å². The van der Waals surface area contributed by atoms with E-state index in [0.29, 0.717) is 19.8 Å². The van der Waals surface area contributed by atoms with E-state index in [9.17, 15) is 81.0 Å². The van der Waals surface area contributed by atoms with E-state index in [1.54, 1.807) is 10.6 Å². The minimum atomic E-state index is -5.22. The molecule has 4 aliphatic rings. The third kappa shape index (κ3) is 28.8. The second kappa shape index (κ2) is 42.8. The molecule has 0 aromatic heterocycles. The summed E-state index contributed by atoms with van der Waals surface area (Å²) in [5.41, 5.74) is -2.18. The molecule has 0 spiro atoms. The van der Waals surface area contributed by atoms with Crippen molar-refractivity contribution in [3.05, 3.63) is 30.3 Å². The first-order chi connectivity index (χ1) is 45.5. The SMILES string of the molecule is O=C(CCC(O)C(NC(=O)COCCOCCOCCNc1ccccc1)C(O)CCC(=O)NCCOCCOCCOCCOC[C@@]12CO[C@@H](O1)[C@H](NC(=O)C(F)(F)F)[C@@H](O)[C@H]2O)NCCOCCOCCOCCOC[C@@]12CO[C@@H](O1)[C@H](NC(=O)C(F)(F)F)[C@@H](O)[C@H]2O. The van der Waals surface area contributed by atoms with Crippen molar-refractivity contribution in [1.82, 2.24) is 26.6 Å². The molecule has 1 aromatic rings. The van der Waals surface area contributed by atoms with Crippen LogP contribution in [0.5, 0.6) is 0 Å². The smallest absolute Gasteiger partial charge is 0.391 e. The zero-order chi connectivity index (χ0) is 69.1. The van der Waals surface area contributed by atoms with Crippen molar-refractivity contribution in [3.63, 3.8) is 0 Å². The van der Waals surface area contributed by atoms with Gasteiger partial charge in [0, 0.05) is 38.2 Å². The summed E-state index contributed by atoms with van der Waals surface area (Å²) in [6, 6.07) is 5.00. The monoisotopic (exact) mass is 1390 g/mol. The number of nitrogens with one attached hydrogen (secondary N) is 6. The fraction of sp³-hybridized carbons (Fsp3) is 0.807. The van der Waals surface area contributed by atoms with E-state index >= 15 is 0 Å². The number of fused-ring (bicyclic) bond motifs is 4. The molecule has 0 radical (unpaired) electrons. The van der Waals surface area contributed by atoms with Gasteiger partial charge in [-0.25, -0.2) is 0 Å². The fourth-order valence-electron chi connectivity index (χ4n) is 9.67. The number of halogens is 6. The van der Waals surface area contributed by atoms with Gasteiger partial charge in [0.2, 0.25) is 17.7 Å². The van der Waals surface area contributed by atoms with Gasteiger partial charge in [0.1, 0.15) is 54.3 Å². The summed E-state index contributed by atoms with van der Waals surface area (Å²) in [6.45, 7) is 2.20. The molecule has 1 aromatic carbocycles. The lowest BCUT2D eigenvalue weighted by Crippen LogP contribution is -2.67. The highest BCUT2D eigenvalue weighted by atomic mass is 19.4. The number of ether oxygens (including phenoxy) is 15. The van der Waals surface area contributed by atoms with Gasteiger partial charge in [-0.05, 0) is 25.0 Å². The van der Waals surface area contributed by atoms with Crippen LogP contribution >= 0.6 is 0 Å². The molecular weight excluding hydrogens is 1300 g/mol. The van der Waals surface area contributed by atoms with Gasteiger partial charge in [0.05, 0.1) is 170 Å². The molecule has 0 aliphatic carbocycles. The molecule has 12 atom stereocenters. The Bertz CT molecular complexity index is 2250. The number of rotatable bonds is 51. The van der Waals surface area contributed by atoms with Crippen LogP contribution < -0.4 is 31.9 Å². The third-order valence-corrected chi connectivity index (χ3v) is 14.7. The first-order valence-corrected chi connectivity index (χ1v) is 30.9. The van der Waals surface area contributed by atoms with Crippen LogP contribution in [0.15, 0.2) is 30.3 Å². The van der Waals surface area contributed by atoms with Gasteiger partial charge in [0.25, 0.3) is 0 Å². The summed E-state index contributed by atoms with van der Waals surface area (Å²) in [5.74, 6) is -6.26. The van der Waals surface area contributed by atoms with Gasteiger partial charge in [-0.15, -0.1) is 0 Å². The molecule has 95 heavy (non-hydrogen) atoms. The Labute approximate surface area is 543 Å². The van der Waals surface area contributed by atoms with Crippen molar-refractivity contribution in [3.8, 4) is 0 Å². The summed E-state index contributed by atoms with van der Waals surface area (Å²) in [6.07, 6.45) is -24.1. The first-order valence-electron chi connectivity index (χ1n) is 30.9. The molecule has 4 heterocycles. The lowest BCUT2D eigenvalue weighted by atomic mass is 9.88. The Morgan fingerprint density at radius 3 is 1.21 bits per heavy atom. The van der Waals surface area contributed by atoms with Crippen LogP contribution in [0.1, 0.15) is 25.7 Å². The average molecular weight is 1390 g/mol. The number of anilines is 1. The standard InChI is InChI=1S/C57H90F6N6O26/c58-56(59,60)52(79)68-44-46(75)48(77)54(35-92-50(44)94-54)33-90-30-27-87-24-22-84-19-17-82-14-11-65-40(72)8-6-38(70)43(67-42(74)32-89-29-26-86-21-16-81-13-10-64-37-4-2-1-3-5-37)39(71)7-9-41(73)66-12-15-83-18-20-85-23-25-88-28-31-91-34-55-36-93-51(95-55)45(47(76)49(55)78)69-53(80)57(61,62)63/h1-5,38-39,43-51,64,70-71,75-78H,6-36H2,(H,65,72)(H,66,73)(H,67,74)(H,68,79)(H,69,80)/t38?,39?,43?,44-,45-,46-,47-,48-,49-,50+,51+,54+,55+/m1/s1. The van der Waals surface area contributed by atoms with E-state index in [1.165, 1.54) is 0 Å². The predicted octanol–water partition coefficient (Wildman–Crippen LogP) is -3.93. The van der Waals surface area contributed by atoms with Gasteiger partial charge in [-0.2, -0.15) is 26.3 Å². The maximum Gasteiger partial charge on any atom is 0.471 e. The van der Waals surface area contributed by atoms with Gasteiger partial charge in [0.15, 0.2) is 12.6 Å². The topological polar surface area (TPSA) is 417 Å². The molecule has 4 bridgehead atoms. The Kier molecular flexibility index (Phi) is 36.4. The quantitative estimate of drug-likeness (QED) is 0.0219. The number of benzene rings is 1. The maximum absolute atomic E-state index is 13.0. The van der Waals surface area contributed by atoms with Crippen LogP contribution in [0.2, 0.25) is 0 Å². The van der Waals surface area contributed by atoms with Crippen LogP contribution in [0.4, 0.5) is 32.0 Å². The number of carbonyl (C=O) groups is 5. The second-order valence-electron chi connectivity index (χ2n) is 21.9. The van der Waals surface area contributed by atoms with E-state index in [-0.39, 0.29) is 178 Å². The number of aliphatic hydroxyl groups excluding tert-OH is 6. The average Bonchev–Trinajstić information content (AvgIpc) is 1.64. The normalized spacial score (nSPS) is 25.0. The molecular formula is C57H90F6N6O26. The zero-order valence-electron chi connectivity index (χ0n) is 52.3. The summed E-state index contributed by atoms with van der Waals surface area (Å²) < 4.78 is 158. The maximum atomic E-state index is 13.0. The van der Waals surface area contributed by atoms with Crippen molar-refractivity contribution in [1.29, 1.82) is 0 Å². The lowest BCUT2D eigenvalue weighted by Gasteiger charge is -2.42. The summed E-state index contributed by atoms with van der Waals surface area (Å²) in [4.78, 5) is 61.2. The molecule has 32 nitrogen and oxygen atoms in total. The number of amides is 5. The van der Waals surface area contributed by atoms with E-state index < -0.39 is 127 Å². The van der Waals surface area contributed by atoms with Crippen molar-refractivity contribution in [2.45, 2.75) is 117 Å². The number of hydrogen-bond donors (Lipinski definition) is 12. The van der Waals surface area contributed by atoms with Gasteiger partial charge in [-0.1, -0.05) is 18.2 Å². The van der Waals surface area contributed by atoms with E-state index in [0.717, 1.165) is 5.69 Å². The summed E-state index contributed by atoms with van der Waals surface area (Å²) in [5, 5.41) is 78.6. The number of carbonyl (C=O) groups excluding carboxylic acids is 5. The van der Waals surface area contributed by atoms with Gasteiger partial charge >= 0.3 is 24.2 Å².